The van der Waals surface area contributed by atoms with Crippen LogP contribution in [0.2, 0.25) is 5.02 Å². The highest BCUT2D eigenvalue weighted by molar-refractivity contribution is 6.30. The Labute approximate surface area is 110 Å². The predicted octanol–water partition coefficient (Wildman–Crippen LogP) is 2.92. The van der Waals surface area contributed by atoms with Crippen molar-refractivity contribution in [2.24, 2.45) is 0 Å². The zero-order valence-corrected chi connectivity index (χ0v) is 10.7. The van der Waals surface area contributed by atoms with Gasteiger partial charge in [-0.1, -0.05) is 17.7 Å². The molecule has 0 aliphatic heterocycles. The van der Waals surface area contributed by atoms with Crippen molar-refractivity contribution in [3.63, 3.8) is 0 Å². The van der Waals surface area contributed by atoms with E-state index in [2.05, 4.69) is 15.3 Å². The summed E-state index contributed by atoms with van der Waals surface area (Å²) in [6, 6.07) is 4.86. The van der Waals surface area contributed by atoms with Crippen molar-refractivity contribution < 1.29 is 4.39 Å². The number of nitrogens with one attached hydrogen (secondary N) is 2. The fourth-order valence-electron chi connectivity index (χ4n) is 1.70. The molecular weight excluding hydrogens is 253 g/mol. The number of rotatable bonds is 6. The molecule has 2 rings (SSSR count). The summed E-state index contributed by atoms with van der Waals surface area (Å²) in [7, 11) is 0. The SMILES string of the molecule is Fc1cc(CNCCCc2ncc[nH]2)ccc1Cl. The van der Waals surface area contributed by atoms with Crippen LogP contribution < -0.4 is 5.32 Å². The van der Waals surface area contributed by atoms with Gasteiger partial charge in [0.25, 0.3) is 0 Å². The van der Waals surface area contributed by atoms with E-state index in [4.69, 9.17) is 11.6 Å². The smallest absolute Gasteiger partial charge is 0.142 e. The van der Waals surface area contributed by atoms with E-state index in [1.54, 1.807) is 12.3 Å². The summed E-state index contributed by atoms with van der Waals surface area (Å²) in [6.07, 6.45) is 5.47. The first kappa shape index (κ1) is 13.1. The monoisotopic (exact) mass is 267 g/mol. The zero-order valence-electron chi connectivity index (χ0n) is 9.92. The van der Waals surface area contributed by atoms with Gasteiger partial charge in [0.2, 0.25) is 0 Å². The standard InChI is InChI=1S/C13H15ClFN3/c14-11-4-3-10(8-12(11)15)9-16-5-1-2-13-17-6-7-18-13/h3-4,6-8,16H,1-2,5,9H2,(H,17,18). The Kier molecular flexibility index (Phi) is 4.73. The Bertz CT molecular complexity index is 485. The van der Waals surface area contributed by atoms with Crippen molar-refractivity contribution in [3.8, 4) is 0 Å². The molecule has 0 fully saturated rings. The highest BCUT2D eigenvalue weighted by Gasteiger charge is 2.00. The maximum atomic E-state index is 13.2. The third-order valence-electron chi connectivity index (χ3n) is 2.64. The molecule has 2 N–H and O–H groups in total. The number of hydrogen-bond donors (Lipinski definition) is 2. The lowest BCUT2D eigenvalue weighted by Crippen LogP contribution is -2.15. The molecule has 0 atom stereocenters. The van der Waals surface area contributed by atoms with Crippen LogP contribution in [0.1, 0.15) is 17.8 Å². The first-order valence-electron chi connectivity index (χ1n) is 5.88. The summed E-state index contributed by atoms with van der Waals surface area (Å²) in [5.41, 5.74) is 0.898. The molecule has 5 heteroatoms. The predicted molar refractivity (Wildman–Crippen MR) is 70.0 cm³/mol. The molecule has 0 saturated carbocycles. The van der Waals surface area contributed by atoms with Crippen molar-refractivity contribution in [2.45, 2.75) is 19.4 Å². The Hall–Kier alpha value is -1.39. The fourth-order valence-corrected chi connectivity index (χ4v) is 1.82. The van der Waals surface area contributed by atoms with Crippen LogP contribution in [-0.4, -0.2) is 16.5 Å². The molecule has 0 bridgehead atoms. The number of nitrogens with zero attached hydrogens (tertiary/aromatic N) is 1. The highest BCUT2D eigenvalue weighted by atomic mass is 35.5. The maximum Gasteiger partial charge on any atom is 0.142 e. The third kappa shape index (κ3) is 3.82. The van der Waals surface area contributed by atoms with Crippen LogP contribution in [0.4, 0.5) is 4.39 Å². The average Bonchev–Trinajstić information content (AvgIpc) is 2.86. The summed E-state index contributed by atoms with van der Waals surface area (Å²) in [6.45, 7) is 1.51. The van der Waals surface area contributed by atoms with Gasteiger partial charge in [-0.15, -0.1) is 0 Å². The average molecular weight is 268 g/mol. The number of hydrogen-bond acceptors (Lipinski definition) is 2. The molecule has 2 aromatic rings. The Morgan fingerprint density at radius 3 is 3.00 bits per heavy atom. The van der Waals surface area contributed by atoms with E-state index >= 15 is 0 Å². The summed E-state index contributed by atoms with van der Waals surface area (Å²) >= 11 is 5.62. The number of H-pyrrole nitrogens is 1. The minimum Gasteiger partial charge on any atom is -0.349 e. The van der Waals surface area contributed by atoms with E-state index in [-0.39, 0.29) is 10.8 Å². The molecule has 96 valence electrons. The number of imidazole rings is 1. The number of halogens is 2. The molecule has 1 heterocycles. The van der Waals surface area contributed by atoms with Gasteiger partial charge in [0.15, 0.2) is 0 Å². The van der Waals surface area contributed by atoms with Gasteiger partial charge in [0.1, 0.15) is 11.6 Å². The van der Waals surface area contributed by atoms with Gasteiger partial charge in [-0.05, 0) is 30.7 Å². The molecule has 0 spiro atoms. The van der Waals surface area contributed by atoms with Crippen LogP contribution in [0.25, 0.3) is 0 Å². The molecule has 1 aromatic heterocycles. The summed E-state index contributed by atoms with van der Waals surface area (Å²) in [5.74, 6) is 0.626. The summed E-state index contributed by atoms with van der Waals surface area (Å²) in [4.78, 5) is 7.20. The van der Waals surface area contributed by atoms with Gasteiger partial charge in [0.05, 0.1) is 5.02 Å². The molecule has 0 aliphatic carbocycles. The Morgan fingerprint density at radius 2 is 2.28 bits per heavy atom. The molecule has 1 aromatic carbocycles. The molecule has 0 saturated heterocycles. The van der Waals surface area contributed by atoms with Crippen LogP contribution in [0, 0.1) is 5.82 Å². The van der Waals surface area contributed by atoms with E-state index in [1.165, 1.54) is 6.07 Å². The van der Waals surface area contributed by atoms with E-state index < -0.39 is 0 Å². The van der Waals surface area contributed by atoms with Gasteiger partial charge in [0, 0.05) is 25.4 Å². The number of aromatic amines is 1. The van der Waals surface area contributed by atoms with Crippen LogP contribution >= 0.6 is 11.6 Å². The quantitative estimate of drug-likeness (QED) is 0.790. The van der Waals surface area contributed by atoms with Crippen LogP contribution in [0.3, 0.4) is 0 Å². The van der Waals surface area contributed by atoms with E-state index in [0.717, 1.165) is 30.8 Å². The van der Waals surface area contributed by atoms with Crippen molar-refractivity contribution in [3.05, 3.63) is 52.8 Å². The van der Waals surface area contributed by atoms with Gasteiger partial charge in [-0.3, -0.25) is 0 Å². The third-order valence-corrected chi connectivity index (χ3v) is 2.94. The van der Waals surface area contributed by atoms with Gasteiger partial charge < -0.3 is 10.3 Å². The number of benzene rings is 1. The molecule has 0 amide bonds. The minimum absolute atomic E-state index is 0.163. The normalized spacial score (nSPS) is 10.8. The second-order valence-corrected chi connectivity index (χ2v) is 4.47. The summed E-state index contributed by atoms with van der Waals surface area (Å²) in [5, 5.41) is 3.42. The highest BCUT2D eigenvalue weighted by Crippen LogP contribution is 2.15. The molecule has 0 aliphatic rings. The maximum absolute atomic E-state index is 13.2. The second-order valence-electron chi connectivity index (χ2n) is 4.06. The first-order chi connectivity index (χ1) is 8.75. The van der Waals surface area contributed by atoms with E-state index in [0.29, 0.717) is 6.54 Å². The first-order valence-corrected chi connectivity index (χ1v) is 6.26. The van der Waals surface area contributed by atoms with Gasteiger partial charge in [-0.25, -0.2) is 9.37 Å². The van der Waals surface area contributed by atoms with Crippen LogP contribution in [0.5, 0.6) is 0 Å². The molecule has 0 unspecified atom stereocenters. The fraction of sp³-hybridized carbons (Fsp3) is 0.308. The number of aryl methyl sites for hydroxylation is 1. The van der Waals surface area contributed by atoms with Crippen molar-refractivity contribution in [1.29, 1.82) is 0 Å². The van der Waals surface area contributed by atoms with Gasteiger partial charge in [-0.2, -0.15) is 0 Å². The second kappa shape index (κ2) is 6.52. The Morgan fingerprint density at radius 1 is 1.39 bits per heavy atom. The molecule has 0 radical (unpaired) electrons. The lowest BCUT2D eigenvalue weighted by Gasteiger charge is -2.05. The van der Waals surface area contributed by atoms with E-state index in [1.807, 2.05) is 12.3 Å². The Balaban J connectivity index is 1.67. The molecular formula is C13H15ClFN3. The largest absolute Gasteiger partial charge is 0.349 e. The van der Waals surface area contributed by atoms with Gasteiger partial charge >= 0.3 is 0 Å². The summed E-state index contributed by atoms with van der Waals surface area (Å²) < 4.78 is 13.2. The lowest BCUT2D eigenvalue weighted by molar-refractivity contribution is 0.614. The lowest BCUT2D eigenvalue weighted by atomic mass is 10.2. The van der Waals surface area contributed by atoms with Crippen LogP contribution in [-0.2, 0) is 13.0 Å². The van der Waals surface area contributed by atoms with Crippen molar-refractivity contribution in [1.82, 2.24) is 15.3 Å². The van der Waals surface area contributed by atoms with Crippen molar-refractivity contribution >= 4 is 11.6 Å². The topological polar surface area (TPSA) is 40.7 Å². The van der Waals surface area contributed by atoms with Crippen LogP contribution in [0.15, 0.2) is 30.6 Å². The molecule has 3 nitrogen and oxygen atoms in total. The zero-order chi connectivity index (χ0) is 12.8. The molecule has 18 heavy (non-hydrogen) atoms. The van der Waals surface area contributed by atoms with Crippen molar-refractivity contribution in [2.75, 3.05) is 6.54 Å². The minimum atomic E-state index is -0.369. The van der Waals surface area contributed by atoms with E-state index in [9.17, 15) is 4.39 Å². The number of aromatic nitrogens is 2.